The highest BCUT2D eigenvalue weighted by Gasteiger charge is 2.14. The molecule has 0 bridgehead atoms. The van der Waals surface area contributed by atoms with Crippen LogP contribution < -0.4 is 5.32 Å². The standard InChI is InChI=1S/C14H19BrN4/c1-10(8-12-4-6-13(15)7-5-12)17-11(2)14-18-16-9-19(14)3/h4-7,9-11,17H,8H2,1-3H3. The van der Waals surface area contributed by atoms with E-state index in [4.69, 9.17) is 0 Å². The van der Waals surface area contributed by atoms with Crippen LogP contribution in [-0.2, 0) is 13.5 Å². The maximum atomic E-state index is 4.13. The van der Waals surface area contributed by atoms with E-state index in [2.05, 4.69) is 69.6 Å². The molecule has 0 saturated carbocycles. The van der Waals surface area contributed by atoms with Gasteiger partial charge in [0, 0.05) is 17.6 Å². The SMILES string of the molecule is CC(Cc1ccc(Br)cc1)NC(C)c1nncn1C. The number of benzene rings is 1. The highest BCUT2D eigenvalue weighted by molar-refractivity contribution is 9.10. The Balaban J connectivity index is 1.92. The van der Waals surface area contributed by atoms with Gasteiger partial charge >= 0.3 is 0 Å². The third-order valence-corrected chi connectivity index (χ3v) is 3.65. The molecule has 4 nitrogen and oxygen atoms in total. The van der Waals surface area contributed by atoms with E-state index < -0.39 is 0 Å². The van der Waals surface area contributed by atoms with Crippen LogP contribution in [-0.4, -0.2) is 20.8 Å². The van der Waals surface area contributed by atoms with Gasteiger partial charge in [-0.3, -0.25) is 0 Å². The molecule has 19 heavy (non-hydrogen) atoms. The molecule has 1 aromatic heterocycles. The van der Waals surface area contributed by atoms with E-state index in [9.17, 15) is 0 Å². The number of halogens is 1. The fourth-order valence-corrected chi connectivity index (χ4v) is 2.48. The van der Waals surface area contributed by atoms with Crippen molar-refractivity contribution in [2.75, 3.05) is 0 Å². The summed E-state index contributed by atoms with van der Waals surface area (Å²) in [4.78, 5) is 0. The molecule has 2 aromatic rings. The number of rotatable bonds is 5. The van der Waals surface area contributed by atoms with Crippen molar-refractivity contribution in [1.29, 1.82) is 0 Å². The van der Waals surface area contributed by atoms with Gasteiger partial charge in [0.2, 0.25) is 0 Å². The summed E-state index contributed by atoms with van der Waals surface area (Å²) in [5.74, 6) is 0.961. The van der Waals surface area contributed by atoms with E-state index in [1.165, 1.54) is 5.56 Å². The van der Waals surface area contributed by atoms with E-state index >= 15 is 0 Å². The summed E-state index contributed by atoms with van der Waals surface area (Å²) < 4.78 is 3.06. The van der Waals surface area contributed by atoms with Gasteiger partial charge in [-0.05, 0) is 38.0 Å². The quantitative estimate of drug-likeness (QED) is 0.920. The zero-order valence-electron chi connectivity index (χ0n) is 11.5. The smallest absolute Gasteiger partial charge is 0.149 e. The molecule has 0 spiro atoms. The molecule has 1 N–H and O–H groups in total. The predicted octanol–water partition coefficient (Wildman–Crippen LogP) is 2.86. The number of hydrogen-bond acceptors (Lipinski definition) is 3. The molecule has 0 fully saturated rings. The molecule has 0 aliphatic carbocycles. The molecule has 1 aromatic carbocycles. The Hall–Kier alpha value is -1.20. The van der Waals surface area contributed by atoms with Gasteiger partial charge in [-0.2, -0.15) is 0 Å². The average Bonchev–Trinajstić information content (AvgIpc) is 2.78. The minimum absolute atomic E-state index is 0.193. The number of nitrogens with zero attached hydrogens (tertiary/aromatic N) is 3. The Morgan fingerprint density at radius 3 is 2.53 bits per heavy atom. The first-order chi connectivity index (χ1) is 9.06. The predicted molar refractivity (Wildman–Crippen MR) is 79.9 cm³/mol. The second-order valence-electron chi connectivity index (χ2n) is 4.92. The van der Waals surface area contributed by atoms with Crippen molar-refractivity contribution in [2.24, 2.45) is 7.05 Å². The Morgan fingerprint density at radius 2 is 1.95 bits per heavy atom. The molecule has 2 atom stereocenters. The van der Waals surface area contributed by atoms with Crippen molar-refractivity contribution in [3.8, 4) is 0 Å². The third kappa shape index (κ3) is 3.88. The zero-order valence-corrected chi connectivity index (χ0v) is 13.1. The van der Waals surface area contributed by atoms with Crippen molar-refractivity contribution in [3.05, 3.63) is 46.5 Å². The van der Waals surface area contributed by atoms with Crippen molar-refractivity contribution in [2.45, 2.75) is 32.4 Å². The molecule has 0 radical (unpaired) electrons. The summed E-state index contributed by atoms with van der Waals surface area (Å²) in [5, 5.41) is 11.6. The molecule has 0 saturated heterocycles. The summed E-state index contributed by atoms with van der Waals surface area (Å²) in [6.07, 6.45) is 2.72. The van der Waals surface area contributed by atoms with Crippen LogP contribution in [0, 0.1) is 0 Å². The van der Waals surface area contributed by atoms with Gasteiger partial charge in [0.15, 0.2) is 0 Å². The van der Waals surface area contributed by atoms with Crippen molar-refractivity contribution in [1.82, 2.24) is 20.1 Å². The molecule has 102 valence electrons. The monoisotopic (exact) mass is 322 g/mol. The molecule has 2 rings (SSSR count). The van der Waals surface area contributed by atoms with Gasteiger partial charge in [-0.25, -0.2) is 0 Å². The molecular weight excluding hydrogens is 304 g/mol. The first-order valence-electron chi connectivity index (χ1n) is 6.40. The van der Waals surface area contributed by atoms with Crippen LogP contribution in [0.4, 0.5) is 0 Å². The van der Waals surface area contributed by atoms with E-state index in [1.54, 1.807) is 6.33 Å². The van der Waals surface area contributed by atoms with Crippen LogP contribution in [0.3, 0.4) is 0 Å². The maximum Gasteiger partial charge on any atom is 0.149 e. The Morgan fingerprint density at radius 1 is 1.26 bits per heavy atom. The molecule has 1 heterocycles. The van der Waals surface area contributed by atoms with E-state index in [0.29, 0.717) is 6.04 Å². The first-order valence-corrected chi connectivity index (χ1v) is 7.20. The second kappa shape index (κ2) is 6.30. The summed E-state index contributed by atoms with van der Waals surface area (Å²) >= 11 is 3.45. The van der Waals surface area contributed by atoms with Crippen LogP contribution in [0.5, 0.6) is 0 Å². The van der Waals surface area contributed by atoms with E-state index in [0.717, 1.165) is 16.7 Å². The second-order valence-corrected chi connectivity index (χ2v) is 5.84. The van der Waals surface area contributed by atoms with Gasteiger partial charge in [-0.1, -0.05) is 28.1 Å². The van der Waals surface area contributed by atoms with Crippen LogP contribution >= 0.6 is 15.9 Å². The normalized spacial score (nSPS) is 14.3. The molecular formula is C14H19BrN4. The lowest BCUT2D eigenvalue weighted by atomic mass is 10.1. The highest BCUT2D eigenvalue weighted by atomic mass is 79.9. The van der Waals surface area contributed by atoms with Crippen LogP contribution in [0.15, 0.2) is 35.1 Å². The maximum absolute atomic E-state index is 4.13. The minimum Gasteiger partial charge on any atom is -0.319 e. The van der Waals surface area contributed by atoms with Gasteiger partial charge in [0.25, 0.3) is 0 Å². The fourth-order valence-electron chi connectivity index (χ4n) is 2.22. The Labute approximate surface area is 122 Å². The zero-order chi connectivity index (χ0) is 13.8. The minimum atomic E-state index is 0.193. The Kier molecular flexibility index (Phi) is 4.71. The first kappa shape index (κ1) is 14.2. The highest BCUT2D eigenvalue weighted by Crippen LogP contribution is 2.14. The molecule has 5 heteroatoms. The average molecular weight is 323 g/mol. The summed E-state index contributed by atoms with van der Waals surface area (Å²) in [6, 6.07) is 9.03. The van der Waals surface area contributed by atoms with Crippen LogP contribution in [0.1, 0.15) is 31.3 Å². The third-order valence-electron chi connectivity index (χ3n) is 3.12. The fraction of sp³-hybridized carbons (Fsp3) is 0.429. The number of hydrogen-bond donors (Lipinski definition) is 1. The number of aryl methyl sites for hydroxylation is 1. The van der Waals surface area contributed by atoms with Crippen molar-refractivity contribution in [3.63, 3.8) is 0 Å². The largest absolute Gasteiger partial charge is 0.319 e. The molecule has 0 amide bonds. The summed E-state index contributed by atoms with van der Waals surface area (Å²) in [7, 11) is 1.97. The van der Waals surface area contributed by atoms with E-state index in [1.807, 2.05) is 11.6 Å². The van der Waals surface area contributed by atoms with Crippen LogP contribution in [0.25, 0.3) is 0 Å². The van der Waals surface area contributed by atoms with Gasteiger partial charge in [0.05, 0.1) is 6.04 Å². The molecule has 0 aliphatic rings. The van der Waals surface area contributed by atoms with Gasteiger partial charge in [0.1, 0.15) is 12.2 Å². The van der Waals surface area contributed by atoms with Crippen molar-refractivity contribution < 1.29 is 0 Å². The van der Waals surface area contributed by atoms with Crippen molar-refractivity contribution >= 4 is 15.9 Å². The van der Waals surface area contributed by atoms with E-state index in [-0.39, 0.29) is 6.04 Å². The molecule has 0 aliphatic heterocycles. The number of nitrogens with one attached hydrogen (secondary N) is 1. The summed E-state index contributed by atoms with van der Waals surface area (Å²) in [5.41, 5.74) is 1.33. The summed E-state index contributed by atoms with van der Waals surface area (Å²) in [6.45, 7) is 4.30. The van der Waals surface area contributed by atoms with Crippen LogP contribution in [0.2, 0.25) is 0 Å². The Bertz CT molecular complexity index is 520. The topological polar surface area (TPSA) is 42.7 Å². The van der Waals surface area contributed by atoms with Gasteiger partial charge in [-0.15, -0.1) is 10.2 Å². The van der Waals surface area contributed by atoms with Gasteiger partial charge < -0.3 is 9.88 Å². The lowest BCUT2D eigenvalue weighted by Crippen LogP contribution is -2.32. The number of aromatic nitrogens is 3. The lowest BCUT2D eigenvalue weighted by molar-refractivity contribution is 0.452. The molecule has 2 unspecified atom stereocenters. The lowest BCUT2D eigenvalue weighted by Gasteiger charge is -2.19.